The first-order chi connectivity index (χ1) is 12.7. The van der Waals surface area contributed by atoms with Crippen LogP contribution in [0.15, 0.2) is 40.4 Å². The van der Waals surface area contributed by atoms with E-state index in [4.69, 9.17) is 0 Å². The first kappa shape index (κ1) is 20.7. The van der Waals surface area contributed by atoms with Crippen molar-refractivity contribution in [2.45, 2.75) is 52.9 Å². The van der Waals surface area contributed by atoms with Gasteiger partial charge in [0.2, 0.25) is 11.7 Å². The van der Waals surface area contributed by atoms with E-state index in [1.54, 1.807) is 42.2 Å². The summed E-state index contributed by atoms with van der Waals surface area (Å²) in [6, 6.07) is 6.77. The number of nitrogens with zero attached hydrogens (tertiary/aromatic N) is 3. The standard InChI is InChI=1S/C19H22F3N3O2/c1-5-12(3)17(26)25(13(4)6-2)11-14-7-9-15(10-8-14)16-23-18(27-24-16)19(20,21)22/h5,7-10,13H,6,11H2,1-4H3. The highest BCUT2D eigenvalue weighted by molar-refractivity contribution is 5.92. The van der Waals surface area contributed by atoms with Crippen molar-refractivity contribution >= 4 is 5.91 Å². The predicted molar refractivity (Wildman–Crippen MR) is 94.5 cm³/mol. The minimum absolute atomic E-state index is 0.0380. The van der Waals surface area contributed by atoms with Gasteiger partial charge in [-0.25, -0.2) is 0 Å². The van der Waals surface area contributed by atoms with Crippen LogP contribution < -0.4 is 0 Å². The average molecular weight is 381 g/mol. The van der Waals surface area contributed by atoms with Gasteiger partial charge in [0, 0.05) is 23.7 Å². The molecule has 2 rings (SSSR count). The van der Waals surface area contributed by atoms with E-state index in [1.165, 1.54) is 0 Å². The van der Waals surface area contributed by atoms with Crippen LogP contribution in [-0.4, -0.2) is 27.0 Å². The number of benzene rings is 1. The van der Waals surface area contributed by atoms with Gasteiger partial charge < -0.3 is 9.42 Å². The van der Waals surface area contributed by atoms with Crippen LogP contribution in [0.25, 0.3) is 11.4 Å². The predicted octanol–water partition coefficient (Wildman–Crippen LogP) is 4.85. The number of hydrogen-bond donors (Lipinski definition) is 0. The molecule has 0 N–H and O–H groups in total. The molecule has 146 valence electrons. The third-order valence-corrected chi connectivity index (χ3v) is 4.39. The number of rotatable bonds is 6. The maximum Gasteiger partial charge on any atom is 0.471 e. The molecule has 1 heterocycles. The van der Waals surface area contributed by atoms with Crippen molar-refractivity contribution in [1.29, 1.82) is 0 Å². The Kier molecular flexibility index (Phi) is 6.41. The molecule has 0 spiro atoms. The Morgan fingerprint density at radius 1 is 1.30 bits per heavy atom. The van der Waals surface area contributed by atoms with Crippen molar-refractivity contribution in [1.82, 2.24) is 15.0 Å². The van der Waals surface area contributed by atoms with E-state index in [2.05, 4.69) is 14.7 Å². The Hall–Kier alpha value is -2.64. The van der Waals surface area contributed by atoms with Crippen LogP contribution in [0.2, 0.25) is 0 Å². The Morgan fingerprint density at radius 3 is 2.41 bits per heavy atom. The Balaban J connectivity index is 2.20. The van der Waals surface area contributed by atoms with Gasteiger partial charge in [-0.15, -0.1) is 0 Å². The fourth-order valence-electron chi connectivity index (χ4n) is 2.41. The number of hydrogen-bond acceptors (Lipinski definition) is 4. The zero-order valence-corrected chi connectivity index (χ0v) is 15.7. The van der Waals surface area contributed by atoms with Gasteiger partial charge in [-0.1, -0.05) is 42.4 Å². The number of carbonyl (C=O) groups excluding carboxylic acids is 1. The number of aromatic nitrogens is 2. The average Bonchev–Trinajstić information content (AvgIpc) is 3.15. The van der Waals surface area contributed by atoms with E-state index in [0.29, 0.717) is 17.7 Å². The third kappa shape index (κ3) is 4.96. The minimum Gasteiger partial charge on any atom is -0.332 e. The van der Waals surface area contributed by atoms with Gasteiger partial charge in [0.25, 0.3) is 0 Å². The molecule has 1 unspecified atom stereocenters. The van der Waals surface area contributed by atoms with Crippen molar-refractivity contribution < 1.29 is 22.5 Å². The van der Waals surface area contributed by atoms with Crippen molar-refractivity contribution in [2.75, 3.05) is 0 Å². The summed E-state index contributed by atoms with van der Waals surface area (Å²) < 4.78 is 41.9. The van der Waals surface area contributed by atoms with E-state index in [0.717, 1.165) is 12.0 Å². The summed E-state index contributed by atoms with van der Waals surface area (Å²) in [6.07, 6.45) is -2.09. The summed E-state index contributed by atoms with van der Waals surface area (Å²) >= 11 is 0. The van der Waals surface area contributed by atoms with Crippen LogP contribution in [0.3, 0.4) is 0 Å². The second-order valence-electron chi connectivity index (χ2n) is 6.28. The second kappa shape index (κ2) is 8.37. The molecule has 1 atom stereocenters. The van der Waals surface area contributed by atoms with Gasteiger partial charge in [-0.2, -0.15) is 18.2 Å². The van der Waals surface area contributed by atoms with Crippen molar-refractivity contribution in [3.05, 3.63) is 47.4 Å². The molecular formula is C19H22F3N3O2. The van der Waals surface area contributed by atoms with Gasteiger partial charge in [-0.3, -0.25) is 4.79 Å². The monoisotopic (exact) mass is 381 g/mol. The molecule has 0 fully saturated rings. The molecule has 0 aliphatic heterocycles. The SMILES string of the molecule is CC=C(C)C(=O)N(Cc1ccc(-c2noc(C(F)(F)F)n2)cc1)C(C)CC. The van der Waals surface area contributed by atoms with Gasteiger partial charge in [0.05, 0.1) is 0 Å². The molecule has 0 bridgehead atoms. The van der Waals surface area contributed by atoms with E-state index >= 15 is 0 Å². The largest absolute Gasteiger partial charge is 0.471 e. The zero-order chi connectivity index (χ0) is 20.2. The maximum atomic E-state index is 12.6. The fourth-order valence-corrected chi connectivity index (χ4v) is 2.41. The highest BCUT2D eigenvalue weighted by Gasteiger charge is 2.38. The van der Waals surface area contributed by atoms with Gasteiger partial charge in [-0.05, 0) is 32.8 Å². The molecule has 0 aliphatic rings. The molecule has 0 aliphatic carbocycles. The van der Waals surface area contributed by atoms with Crippen molar-refractivity contribution in [3.8, 4) is 11.4 Å². The lowest BCUT2D eigenvalue weighted by atomic mass is 10.1. The summed E-state index contributed by atoms with van der Waals surface area (Å²) in [5.41, 5.74) is 1.93. The van der Waals surface area contributed by atoms with Gasteiger partial charge in [0.1, 0.15) is 0 Å². The number of allylic oxidation sites excluding steroid dienone is 1. The fraction of sp³-hybridized carbons (Fsp3) is 0.421. The van der Waals surface area contributed by atoms with E-state index in [1.807, 2.05) is 20.8 Å². The second-order valence-corrected chi connectivity index (χ2v) is 6.28. The molecule has 27 heavy (non-hydrogen) atoms. The van der Waals surface area contributed by atoms with Gasteiger partial charge >= 0.3 is 12.1 Å². The third-order valence-electron chi connectivity index (χ3n) is 4.39. The molecule has 0 radical (unpaired) electrons. The highest BCUT2D eigenvalue weighted by Crippen LogP contribution is 2.29. The molecule has 5 nitrogen and oxygen atoms in total. The highest BCUT2D eigenvalue weighted by atomic mass is 19.4. The maximum absolute atomic E-state index is 12.6. The Bertz CT molecular complexity index is 810. The van der Waals surface area contributed by atoms with Crippen molar-refractivity contribution in [3.63, 3.8) is 0 Å². The van der Waals surface area contributed by atoms with Crippen molar-refractivity contribution in [2.24, 2.45) is 0 Å². The van der Waals surface area contributed by atoms with Crippen LogP contribution in [0.1, 0.15) is 45.6 Å². The molecule has 1 aromatic heterocycles. The molecule has 2 aromatic rings. The first-order valence-corrected chi connectivity index (χ1v) is 8.61. The van der Waals surface area contributed by atoms with Crippen LogP contribution in [-0.2, 0) is 17.5 Å². The van der Waals surface area contributed by atoms with Crippen LogP contribution in [0, 0.1) is 0 Å². The lowest BCUT2D eigenvalue weighted by Gasteiger charge is -2.29. The molecule has 1 aromatic carbocycles. The normalized spacial score (nSPS) is 13.5. The van der Waals surface area contributed by atoms with Crippen LogP contribution in [0.5, 0.6) is 0 Å². The summed E-state index contributed by atoms with van der Waals surface area (Å²) in [6.45, 7) is 7.98. The van der Waals surface area contributed by atoms with E-state index in [9.17, 15) is 18.0 Å². The number of alkyl halides is 3. The molecule has 0 saturated carbocycles. The topological polar surface area (TPSA) is 59.2 Å². The van der Waals surface area contributed by atoms with E-state index < -0.39 is 12.1 Å². The summed E-state index contributed by atoms with van der Waals surface area (Å²) in [5.74, 6) is -1.55. The van der Waals surface area contributed by atoms with E-state index in [-0.39, 0.29) is 17.8 Å². The molecule has 0 saturated heterocycles. The molecule has 8 heteroatoms. The lowest BCUT2D eigenvalue weighted by Crippen LogP contribution is -2.38. The molecule has 1 amide bonds. The summed E-state index contributed by atoms with van der Waals surface area (Å²) in [5, 5.41) is 3.37. The lowest BCUT2D eigenvalue weighted by molar-refractivity contribution is -0.159. The zero-order valence-electron chi connectivity index (χ0n) is 15.7. The van der Waals surface area contributed by atoms with Crippen LogP contribution in [0.4, 0.5) is 13.2 Å². The Morgan fingerprint density at radius 2 is 1.93 bits per heavy atom. The number of halogens is 3. The molecular weight excluding hydrogens is 359 g/mol. The summed E-state index contributed by atoms with van der Waals surface area (Å²) in [4.78, 5) is 17.7. The Labute approximate surface area is 155 Å². The summed E-state index contributed by atoms with van der Waals surface area (Å²) in [7, 11) is 0. The van der Waals surface area contributed by atoms with Gasteiger partial charge in [0.15, 0.2) is 0 Å². The first-order valence-electron chi connectivity index (χ1n) is 8.61. The smallest absolute Gasteiger partial charge is 0.332 e. The quantitative estimate of drug-likeness (QED) is 0.671. The number of amides is 1. The van der Waals surface area contributed by atoms with Crippen LogP contribution >= 0.6 is 0 Å². The minimum atomic E-state index is -4.67. The number of carbonyl (C=O) groups is 1.